The van der Waals surface area contributed by atoms with Crippen molar-refractivity contribution in [1.82, 2.24) is 9.97 Å². The number of H-pyrrole nitrogens is 2. The number of rotatable bonds is 0. The van der Waals surface area contributed by atoms with E-state index in [1.165, 1.54) is 0 Å². The van der Waals surface area contributed by atoms with Crippen LogP contribution in [0.1, 0.15) is 0 Å². The summed E-state index contributed by atoms with van der Waals surface area (Å²) in [5.41, 5.74) is 2.13. The molecule has 1 aromatic carbocycles. The number of imidazole rings is 1. The van der Waals surface area contributed by atoms with E-state index >= 15 is 0 Å². The summed E-state index contributed by atoms with van der Waals surface area (Å²) in [4.78, 5) is 6.04. The minimum Gasteiger partial charge on any atom is -0.813 e. The average Bonchev–Trinajstić information content (AvgIpc) is 2.27. The summed E-state index contributed by atoms with van der Waals surface area (Å²) in [6.45, 7) is 0. The molecule has 0 atom stereocenters. The molecule has 1 heterocycles. The van der Waals surface area contributed by atoms with Crippen molar-refractivity contribution in [1.29, 1.82) is 0 Å². The van der Waals surface area contributed by atoms with E-state index in [1.54, 1.807) is 0 Å². The van der Waals surface area contributed by atoms with Gasteiger partial charge in [0, 0.05) is 0 Å². The van der Waals surface area contributed by atoms with Gasteiger partial charge in [0.05, 0.1) is 11.0 Å². The summed E-state index contributed by atoms with van der Waals surface area (Å²) >= 11 is 4.90. The van der Waals surface area contributed by atoms with Crippen LogP contribution < -0.4 is 0 Å². The van der Waals surface area contributed by atoms with Gasteiger partial charge in [-0.1, -0.05) is 12.1 Å². The van der Waals surface area contributed by atoms with Crippen molar-refractivity contribution >= 4 is 36.7 Å². The highest BCUT2D eigenvalue weighted by Gasteiger charge is 1.90. The molecule has 0 bridgehead atoms. The summed E-state index contributed by atoms with van der Waals surface area (Å²) < 4.78 is 0.682. The molecule has 2 rings (SSSR count). The summed E-state index contributed by atoms with van der Waals surface area (Å²) in [7, 11) is 0. The smallest absolute Gasteiger partial charge is 0.175 e. The van der Waals surface area contributed by atoms with Crippen LogP contribution in [0, 0.1) is 4.77 Å². The molecule has 11 heavy (non-hydrogen) atoms. The Morgan fingerprint density at radius 2 is 1.45 bits per heavy atom. The van der Waals surface area contributed by atoms with Gasteiger partial charge in [-0.3, -0.25) is 0 Å². The van der Waals surface area contributed by atoms with E-state index in [-0.39, 0.29) is 13.5 Å². The number of para-hydroxylation sites is 2. The lowest BCUT2D eigenvalue weighted by Gasteiger charge is -1.82. The van der Waals surface area contributed by atoms with Crippen LogP contribution in [0.3, 0.4) is 0 Å². The second kappa shape index (κ2) is 3.11. The lowest BCUT2D eigenvalue weighted by atomic mass is 10.3. The maximum Gasteiger partial charge on any atom is 0.175 e. The molecule has 2 N–H and O–H groups in total. The molecule has 0 aliphatic heterocycles. The van der Waals surface area contributed by atoms with Crippen molar-refractivity contribution in [2.75, 3.05) is 0 Å². The number of benzene rings is 1. The fourth-order valence-corrected chi connectivity index (χ4v) is 1.20. The summed E-state index contributed by atoms with van der Waals surface area (Å²) in [6.07, 6.45) is 0. The standard InChI is InChI=1S/C7H6N2S.H2S/c10-7-8-5-3-1-2-4-6(5)9-7;/h1-4H,(H2,8,9,10);1H2/p-1. The minimum atomic E-state index is 0. The molecule has 2 nitrogen and oxygen atoms in total. The van der Waals surface area contributed by atoms with E-state index in [9.17, 15) is 0 Å². The van der Waals surface area contributed by atoms with Gasteiger partial charge in [0.25, 0.3) is 0 Å². The number of thiol groups is 1. The average molecular weight is 183 g/mol. The number of aromatic amines is 2. The molecule has 0 aliphatic carbocycles. The van der Waals surface area contributed by atoms with Crippen LogP contribution in [0.4, 0.5) is 0 Å². The van der Waals surface area contributed by atoms with Crippen LogP contribution in [0.5, 0.6) is 0 Å². The van der Waals surface area contributed by atoms with Crippen LogP contribution in [0.2, 0.25) is 0 Å². The molecule has 0 amide bonds. The fraction of sp³-hybridized carbons (Fsp3) is 0. The highest BCUT2D eigenvalue weighted by atomic mass is 32.1. The van der Waals surface area contributed by atoms with E-state index < -0.39 is 0 Å². The van der Waals surface area contributed by atoms with Gasteiger partial charge in [0.15, 0.2) is 4.77 Å². The zero-order valence-corrected chi connectivity index (χ0v) is 7.38. The van der Waals surface area contributed by atoms with E-state index in [1.807, 2.05) is 24.3 Å². The topological polar surface area (TPSA) is 31.6 Å². The first-order valence-corrected chi connectivity index (χ1v) is 3.44. The molecule has 0 saturated heterocycles. The zero-order chi connectivity index (χ0) is 6.97. The van der Waals surface area contributed by atoms with Crippen molar-refractivity contribution in [3.05, 3.63) is 29.0 Å². The highest BCUT2D eigenvalue weighted by molar-refractivity contribution is 7.71. The minimum absolute atomic E-state index is 0. The molecule has 0 fully saturated rings. The van der Waals surface area contributed by atoms with Gasteiger partial charge in [-0.2, -0.15) is 0 Å². The van der Waals surface area contributed by atoms with Crippen LogP contribution in [-0.2, 0) is 13.5 Å². The summed E-state index contributed by atoms with van der Waals surface area (Å²) in [5, 5.41) is 0. The van der Waals surface area contributed by atoms with Gasteiger partial charge in [-0.25, -0.2) is 0 Å². The van der Waals surface area contributed by atoms with E-state index in [0.29, 0.717) is 4.77 Å². The number of hydrogen-bond acceptors (Lipinski definition) is 2. The quantitative estimate of drug-likeness (QED) is 0.371. The summed E-state index contributed by atoms with van der Waals surface area (Å²) in [5.74, 6) is 0. The predicted molar refractivity (Wildman–Crippen MR) is 52.2 cm³/mol. The monoisotopic (exact) mass is 183 g/mol. The highest BCUT2D eigenvalue weighted by Crippen LogP contribution is 2.06. The first-order chi connectivity index (χ1) is 4.86. The second-order valence-electron chi connectivity index (χ2n) is 2.12. The zero-order valence-electron chi connectivity index (χ0n) is 5.66. The van der Waals surface area contributed by atoms with Gasteiger partial charge >= 0.3 is 0 Å². The number of fused-ring (bicyclic) bond motifs is 1. The Bertz CT molecular complexity index is 366. The Balaban J connectivity index is 0.000000605. The summed E-state index contributed by atoms with van der Waals surface area (Å²) in [6, 6.07) is 7.92. The van der Waals surface area contributed by atoms with Crippen molar-refractivity contribution in [2.45, 2.75) is 0 Å². The van der Waals surface area contributed by atoms with Gasteiger partial charge in [0.2, 0.25) is 0 Å². The van der Waals surface area contributed by atoms with Crippen molar-refractivity contribution in [3.8, 4) is 0 Å². The Hall–Kier alpha value is -0.740. The maximum atomic E-state index is 4.90. The predicted octanol–water partition coefficient (Wildman–Crippen LogP) is 1.96. The van der Waals surface area contributed by atoms with Crippen LogP contribution in [0.15, 0.2) is 24.3 Å². The number of aromatic nitrogens is 2. The van der Waals surface area contributed by atoms with E-state index in [0.717, 1.165) is 11.0 Å². The van der Waals surface area contributed by atoms with Crippen molar-refractivity contribution < 1.29 is 0 Å². The van der Waals surface area contributed by atoms with Gasteiger partial charge in [-0.05, 0) is 24.4 Å². The SMILES string of the molecule is S=c1[nH]c2ccccc2[nH]1.[SH-]. The third-order valence-corrected chi connectivity index (χ3v) is 1.63. The van der Waals surface area contributed by atoms with Gasteiger partial charge in [0.1, 0.15) is 0 Å². The van der Waals surface area contributed by atoms with Crippen molar-refractivity contribution in [3.63, 3.8) is 0 Å². The Kier molecular flexibility index (Phi) is 2.36. The third-order valence-electron chi connectivity index (χ3n) is 1.42. The van der Waals surface area contributed by atoms with E-state index in [2.05, 4.69) is 9.97 Å². The lowest BCUT2D eigenvalue weighted by Crippen LogP contribution is -1.63. The van der Waals surface area contributed by atoms with Crippen LogP contribution in [0.25, 0.3) is 11.0 Å². The Morgan fingerprint density at radius 3 is 1.91 bits per heavy atom. The normalized spacial score (nSPS) is 9.45. The Labute approximate surface area is 76.1 Å². The number of hydrogen-bond donors (Lipinski definition) is 2. The van der Waals surface area contributed by atoms with Crippen molar-refractivity contribution in [2.24, 2.45) is 0 Å². The largest absolute Gasteiger partial charge is 0.813 e. The first kappa shape index (κ1) is 8.36. The fourth-order valence-electron chi connectivity index (χ4n) is 0.977. The van der Waals surface area contributed by atoms with E-state index in [4.69, 9.17) is 12.2 Å². The second-order valence-corrected chi connectivity index (χ2v) is 2.53. The molecule has 2 aromatic rings. The molecule has 0 saturated carbocycles. The molecule has 1 aromatic heterocycles. The molecule has 0 spiro atoms. The number of nitrogens with one attached hydrogen (secondary N) is 2. The molecular weight excluding hydrogens is 176 g/mol. The van der Waals surface area contributed by atoms with Crippen LogP contribution >= 0.6 is 12.2 Å². The molecule has 0 unspecified atom stereocenters. The molecule has 58 valence electrons. The molecule has 0 aliphatic rings. The first-order valence-electron chi connectivity index (χ1n) is 3.03. The third kappa shape index (κ3) is 1.46. The van der Waals surface area contributed by atoms with Gasteiger partial charge < -0.3 is 23.5 Å². The molecular formula is C7H7N2S2-. The molecule has 0 radical (unpaired) electrons. The van der Waals surface area contributed by atoms with Crippen LogP contribution in [-0.4, -0.2) is 9.97 Å². The Morgan fingerprint density at radius 1 is 1.00 bits per heavy atom. The maximum absolute atomic E-state index is 4.90. The lowest BCUT2D eigenvalue weighted by molar-refractivity contribution is 1.30. The molecule has 4 heteroatoms. The van der Waals surface area contributed by atoms with Gasteiger partial charge in [-0.15, -0.1) is 0 Å².